The Labute approximate surface area is 169 Å². The topological polar surface area (TPSA) is 55.2 Å². The molecule has 1 atom stereocenters. The van der Waals surface area contributed by atoms with Gasteiger partial charge in [0.05, 0.1) is 12.3 Å². The molecule has 3 rings (SSSR count). The zero-order valence-corrected chi connectivity index (χ0v) is 16.9. The van der Waals surface area contributed by atoms with Gasteiger partial charge in [0.15, 0.2) is 6.29 Å². The summed E-state index contributed by atoms with van der Waals surface area (Å²) in [5, 5.41) is 4.62. The second-order valence-corrected chi connectivity index (χ2v) is 6.96. The Morgan fingerprint density at radius 1 is 1.07 bits per heavy atom. The third-order valence-corrected chi connectivity index (χ3v) is 4.81. The van der Waals surface area contributed by atoms with Crippen molar-refractivity contribution in [3.05, 3.63) is 63.6 Å². The highest BCUT2D eigenvalue weighted by Gasteiger charge is 2.21. The van der Waals surface area contributed by atoms with E-state index in [9.17, 15) is 0 Å². The van der Waals surface area contributed by atoms with E-state index in [4.69, 9.17) is 42.7 Å². The zero-order valence-electron chi connectivity index (χ0n) is 15.4. The van der Waals surface area contributed by atoms with E-state index in [1.807, 2.05) is 49.4 Å². The van der Waals surface area contributed by atoms with Gasteiger partial charge in [-0.15, -0.1) is 0 Å². The summed E-state index contributed by atoms with van der Waals surface area (Å²) in [4.78, 5) is 9.47. The summed E-state index contributed by atoms with van der Waals surface area (Å²) in [7, 11) is 3.19. The first-order valence-corrected chi connectivity index (χ1v) is 9.27. The van der Waals surface area contributed by atoms with Gasteiger partial charge in [0.1, 0.15) is 11.9 Å². The Morgan fingerprint density at radius 2 is 1.81 bits per heavy atom. The molecule has 7 heteroatoms. The van der Waals surface area contributed by atoms with Crippen LogP contribution in [-0.2, 0) is 9.47 Å². The first kappa shape index (κ1) is 19.8. The summed E-state index contributed by atoms with van der Waals surface area (Å²) in [5.74, 6) is 0.715. The molecule has 27 heavy (non-hydrogen) atoms. The van der Waals surface area contributed by atoms with Crippen LogP contribution in [0.3, 0.4) is 0 Å². The number of benzodiazepines with no additional fused rings is 1. The summed E-state index contributed by atoms with van der Waals surface area (Å²) in [6.07, 6.45) is -0.431. The number of methoxy groups -OCH3 is 2. The fourth-order valence-electron chi connectivity index (χ4n) is 3.01. The quantitative estimate of drug-likeness (QED) is 0.735. The van der Waals surface area contributed by atoms with E-state index < -0.39 is 6.29 Å². The molecule has 142 valence electrons. The van der Waals surface area contributed by atoms with Crippen LogP contribution in [-0.4, -0.2) is 44.6 Å². The highest BCUT2D eigenvalue weighted by Crippen LogP contribution is 2.29. The molecule has 0 amide bonds. The van der Waals surface area contributed by atoms with Crippen LogP contribution in [0.2, 0.25) is 10.0 Å². The lowest BCUT2D eigenvalue weighted by atomic mass is 10.0. The maximum atomic E-state index is 6.42. The van der Waals surface area contributed by atoms with Gasteiger partial charge in [0.25, 0.3) is 0 Å². The average molecular weight is 406 g/mol. The summed E-state index contributed by atoms with van der Waals surface area (Å²) < 4.78 is 10.6. The number of ether oxygens (including phenoxy) is 2. The van der Waals surface area contributed by atoms with Gasteiger partial charge in [-0.25, -0.2) is 0 Å². The van der Waals surface area contributed by atoms with Gasteiger partial charge in [-0.1, -0.05) is 41.4 Å². The second-order valence-electron chi connectivity index (χ2n) is 6.12. The van der Waals surface area contributed by atoms with Crippen molar-refractivity contribution in [3.63, 3.8) is 0 Å². The van der Waals surface area contributed by atoms with Crippen LogP contribution in [0, 0.1) is 0 Å². The molecule has 0 saturated heterocycles. The first-order valence-electron chi connectivity index (χ1n) is 8.52. The normalized spacial score (nSPS) is 16.5. The number of anilines is 1. The van der Waals surface area contributed by atoms with Crippen molar-refractivity contribution in [3.8, 4) is 0 Å². The van der Waals surface area contributed by atoms with Crippen molar-refractivity contribution in [2.45, 2.75) is 19.3 Å². The van der Waals surface area contributed by atoms with Crippen molar-refractivity contribution in [2.75, 3.05) is 26.1 Å². The highest BCUT2D eigenvalue weighted by atomic mass is 35.5. The van der Waals surface area contributed by atoms with E-state index in [1.165, 1.54) is 0 Å². The van der Waals surface area contributed by atoms with Gasteiger partial charge < -0.3 is 14.8 Å². The molecule has 2 aromatic rings. The minimum Gasteiger partial charge on any atom is -0.354 e. The minimum atomic E-state index is -0.431. The van der Waals surface area contributed by atoms with Crippen molar-refractivity contribution in [1.29, 1.82) is 0 Å². The number of fused-ring (bicyclic) bond motifs is 1. The molecule has 2 aromatic carbocycles. The molecule has 0 aromatic heterocycles. The number of benzene rings is 2. The lowest BCUT2D eigenvalue weighted by Gasteiger charge is -2.19. The first-order chi connectivity index (χ1) is 13.0. The van der Waals surface area contributed by atoms with Crippen molar-refractivity contribution in [1.82, 2.24) is 0 Å². The number of nitrogens with zero attached hydrogens (tertiary/aromatic N) is 2. The minimum absolute atomic E-state index is 0.199. The Kier molecular flexibility index (Phi) is 6.50. The lowest BCUT2D eigenvalue weighted by molar-refractivity contribution is -0.112. The van der Waals surface area contributed by atoms with E-state index in [1.54, 1.807) is 14.2 Å². The molecule has 1 aliphatic heterocycles. The monoisotopic (exact) mass is 405 g/mol. The average Bonchev–Trinajstić information content (AvgIpc) is 2.82. The smallest absolute Gasteiger partial charge is 0.178 e. The highest BCUT2D eigenvalue weighted by molar-refractivity contribution is 6.36. The molecule has 0 radical (unpaired) electrons. The van der Waals surface area contributed by atoms with Crippen LogP contribution in [0.5, 0.6) is 0 Å². The number of halogens is 2. The van der Waals surface area contributed by atoms with Gasteiger partial charge in [0, 0.05) is 41.1 Å². The van der Waals surface area contributed by atoms with E-state index in [0.717, 1.165) is 22.5 Å². The summed E-state index contributed by atoms with van der Waals surface area (Å²) in [6, 6.07) is 13.1. The van der Waals surface area contributed by atoms with Crippen molar-refractivity contribution in [2.24, 2.45) is 9.98 Å². The van der Waals surface area contributed by atoms with Crippen LogP contribution in [0.4, 0.5) is 5.69 Å². The number of hydrogen-bond donors (Lipinski definition) is 1. The summed E-state index contributed by atoms with van der Waals surface area (Å²) >= 11 is 12.7. The molecule has 0 saturated carbocycles. The molecule has 1 aliphatic rings. The molecular formula is C20H21Cl2N3O2. The largest absolute Gasteiger partial charge is 0.354 e. The SMILES string of the molecule is COC(OC)C(C)N=C1CN=C(c2ccccc2Cl)c2cc(Cl)ccc2N1. The Bertz CT molecular complexity index is 879. The van der Waals surface area contributed by atoms with Crippen LogP contribution in [0.15, 0.2) is 52.4 Å². The molecule has 0 spiro atoms. The van der Waals surface area contributed by atoms with Gasteiger partial charge in [0.2, 0.25) is 0 Å². The maximum absolute atomic E-state index is 6.42. The third kappa shape index (κ3) is 4.50. The third-order valence-electron chi connectivity index (χ3n) is 4.25. The predicted molar refractivity (Wildman–Crippen MR) is 112 cm³/mol. The van der Waals surface area contributed by atoms with Crippen molar-refractivity contribution < 1.29 is 9.47 Å². The Balaban J connectivity index is 2.05. The van der Waals surface area contributed by atoms with E-state index in [2.05, 4.69) is 5.32 Å². The Morgan fingerprint density at radius 3 is 2.52 bits per heavy atom. The Hall–Kier alpha value is -1.92. The van der Waals surface area contributed by atoms with E-state index >= 15 is 0 Å². The molecule has 5 nitrogen and oxygen atoms in total. The van der Waals surface area contributed by atoms with Gasteiger partial charge in [-0.3, -0.25) is 9.98 Å². The maximum Gasteiger partial charge on any atom is 0.178 e. The molecule has 1 heterocycles. The fourth-order valence-corrected chi connectivity index (χ4v) is 3.41. The number of amidine groups is 1. The van der Waals surface area contributed by atoms with E-state index in [0.29, 0.717) is 22.4 Å². The lowest BCUT2D eigenvalue weighted by Crippen LogP contribution is -2.28. The standard InChI is InChI=1S/C20H21Cl2N3O2/c1-12(20(26-2)27-3)24-18-11-23-19(14-6-4-5-7-16(14)22)15-10-13(21)8-9-17(15)25-18/h4-10,12,20H,11H2,1-3H3,(H,24,25). The number of aliphatic imine (C=N–C) groups is 2. The predicted octanol–water partition coefficient (Wildman–Crippen LogP) is 4.66. The van der Waals surface area contributed by atoms with Crippen molar-refractivity contribution >= 4 is 40.4 Å². The fraction of sp³-hybridized carbons (Fsp3) is 0.300. The summed E-state index contributed by atoms with van der Waals surface area (Å²) in [6.45, 7) is 2.30. The summed E-state index contributed by atoms with van der Waals surface area (Å²) in [5.41, 5.74) is 3.38. The number of rotatable bonds is 5. The van der Waals surface area contributed by atoms with Crippen LogP contribution in [0.1, 0.15) is 18.1 Å². The molecule has 1 N–H and O–H groups in total. The number of hydrogen-bond acceptors (Lipinski definition) is 4. The van der Waals surface area contributed by atoms with Crippen LogP contribution >= 0.6 is 23.2 Å². The van der Waals surface area contributed by atoms with E-state index in [-0.39, 0.29) is 6.04 Å². The molecule has 0 bridgehead atoms. The molecular weight excluding hydrogens is 385 g/mol. The van der Waals surface area contributed by atoms with Gasteiger partial charge >= 0.3 is 0 Å². The van der Waals surface area contributed by atoms with Gasteiger partial charge in [-0.05, 0) is 31.2 Å². The van der Waals surface area contributed by atoms with Crippen LogP contribution in [0.25, 0.3) is 0 Å². The molecule has 0 aliphatic carbocycles. The number of nitrogens with one attached hydrogen (secondary N) is 1. The van der Waals surface area contributed by atoms with Crippen LogP contribution < -0.4 is 5.32 Å². The second kappa shape index (κ2) is 8.85. The zero-order chi connectivity index (χ0) is 19.4. The van der Waals surface area contributed by atoms with Gasteiger partial charge in [-0.2, -0.15) is 0 Å². The molecule has 0 fully saturated rings. The molecule has 1 unspecified atom stereocenters.